The Morgan fingerprint density at radius 1 is 1.26 bits per heavy atom. The zero-order valence-corrected chi connectivity index (χ0v) is 15.3. The van der Waals surface area contributed by atoms with E-state index in [1.165, 1.54) is 50.5 Å². The van der Waals surface area contributed by atoms with Crippen molar-refractivity contribution in [2.75, 3.05) is 7.05 Å². The summed E-state index contributed by atoms with van der Waals surface area (Å²) < 4.78 is 25.9. The topological polar surface area (TPSA) is 75.3 Å². The molecule has 1 aliphatic rings. The van der Waals surface area contributed by atoms with Crippen molar-refractivity contribution in [1.29, 1.82) is 0 Å². The lowest BCUT2D eigenvalue weighted by Gasteiger charge is -2.21. The van der Waals surface area contributed by atoms with Crippen LogP contribution in [-0.2, 0) is 21.4 Å². The van der Waals surface area contributed by atoms with Crippen LogP contribution in [0.5, 0.6) is 0 Å². The van der Waals surface area contributed by atoms with E-state index in [1.807, 2.05) is 0 Å². The number of hydrogen-bond acceptors (Lipinski definition) is 4. The molecule has 0 radical (unpaired) electrons. The van der Waals surface area contributed by atoms with Crippen molar-refractivity contribution in [2.45, 2.75) is 62.1 Å². The second-order valence-electron chi connectivity index (χ2n) is 6.10. The van der Waals surface area contributed by atoms with E-state index in [0.717, 1.165) is 23.6 Å². The van der Waals surface area contributed by atoms with Gasteiger partial charge in [-0.15, -0.1) is 11.3 Å². The first-order valence-corrected chi connectivity index (χ1v) is 10.6. The van der Waals surface area contributed by atoms with Crippen LogP contribution in [0.15, 0.2) is 16.3 Å². The Morgan fingerprint density at radius 3 is 2.70 bits per heavy atom. The summed E-state index contributed by atoms with van der Waals surface area (Å²) in [6.07, 6.45) is 9.34. The fraction of sp³-hybridized carbons (Fsp3) is 0.688. The first-order valence-electron chi connectivity index (χ1n) is 8.30. The number of carbonyl (C=O) groups excluding carboxylic acids is 1. The Labute approximate surface area is 142 Å². The third-order valence-corrected chi connectivity index (χ3v) is 7.36. The van der Waals surface area contributed by atoms with E-state index in [0.29, 0.717) is 13.0 Å². The van der Waals surface area contributed by atoms with E-state index in [1.54, 1.807) is 12.1 Å². The van der Waals surface area contributed by atoms with Crippen LogP contribution in [0.3, 0.4) is 0 Å². The van der Waals surface area contributed by atoms with Crippen LogP contribution in [0.1, 0.15) is 56.2 Å². The summed E-state index contributed by atoms with van der Waals surface area (Å²) in [6.45, 7) is 0.395. The Bertz CT molecular complexity index is 605. The van der Waals surface area contributed by atoms with Crippen molar-refractivity contribution in [2.24, 2.45) is 5.92 Å². The molecule has 1 amide bonds. The molecule has 130 valence electrons. The van der Waals surface area contributed by atoms with E-state index in [4.69, 9.17) is 0 Å². The number of sulfonamides is 1. The maximum atomic E-state index is 11.9. The van der Waals surface area contributed by atoms with Crippen LogP contribution < -0.4 is 10.0 Å². The van der Waals surface area contributed by atoms with Gasteiger partial charge in [0.15, 0.2) is 0 Å². The third-order valence-electron chi connectivity index (χ3n) is 4.37. The molecule has 1 heterocycles. The van der Waals surface area contributed by atoms with Gasteiger partial charge in [-0.25, -0.2) is 13.1 Å². The maximum absolute atomic E-state index is 11.9. The molecule has 23 heavy (non-hydrogen) atoms. The quantitative estimate of drug-likeness (QED) is 0.750. The summed E-state index contributed by atoms with van der Waals surface area (Å²) in [5.74, 6) is 0.857. The van der Waals surface area contributed by atoms with Crippen molar-refractivity contribution in [3.05, 3.63) is 17.0 Å². The molecular weight excluding hydrogens is 332 g/mol. The fourth-order valence-electron chi connectivity index (χ4n) is 3.00. The van der Waals surface area contributed by atoms with Crippen LogP contribution in [0.25, 0.3) is 0 Å². The molecule has 0 aliphatic heterocycles. The molecule has 1 aromatic heterocycles. The van der Waals surface area contributed by atoms with E-state index in [2.05, 4.69) is 10.0 Å². The van der Waals surface area contributed by atoms with Gasteiger partial charge in [-0.05, 0) is 37.9 Å². The lowest BCUT2D eigenvalue weighted by Crippen LogP contribution is -2.22. The molecule has 1 saturated carbocycles. The van der Waals surface area contributed by atoms with Gasteiger partial charge in [0.1, 0.15) is 4.21 Å². The molecule has 2 rings (SSSR count). The number of carbonyl (C=O) groups is 1. The Morgan fingerprint density at radius 2 is 2.00 bits per heavy atom. The van der Waals surface area contributed by atoms with Crippen molar-refractivity contribution in [1.82, 2.24) is 10.0 Å². The summed E-state index contributed by atoms with van der Waals surface area (Å²) in [7, 11) is -2.00. The molecule has 1 aliphatic carbocycles. The largest absolute Gasteiger partial charge is 0.351 e. The molecule has 2 N–H and O–H groups in total. The summed E-state index contributed by atoms with van der Waals surface area (Å²) in [5, 5.41) is 2.88. The van der Waals surface area contributed by atoms with Gasteiger partial charge in [0, 0.05) is 11.3 Å². The van der Waals surface area contributed by atoms with Gasteiger partial charge in [0.05, 0.1) is 6.54 Å². The minimum Gasteiger partial charge on any atom is -0.351 e. The predicted octanol–water partition coefficient (Wildman–Crippen LogP) is 3.02. The standard InChI is InChI=1S/C16H26N2O3S2/c1-17-23(20,21)16-11-10-14(22-16)12-18-15(19)9-5-8-13-6-3-2-4-7-13/h10-11,13,17H,2-9,12H2,1H3,(H,18,19). The molecule has 5 nitrogen and oxygen atoms in total. The average Bonchev–Trinajstić information content (AvgIpc) is 3.04. The molecule has 0 saturated heterocycles. The molecule has 0 aromatic carbocycles. The van der Waals surface area contributed by atoms with Crippen molar-refractivity contribution in [3.63, 3.8) is 0 Å². The van der Waals surface area contributed by atoms with Crippen molar-refractivity contribution >= 4 is 27.3 Å². The van der Waals surface area contributed by atoms with Crippen molar-refractivity contribution in [3.8, 4) is 0 Å². The van der Waals surface area contributed by atoms with Crippen LogP contribution >= 0.6 is 11.3 Å². The second-order valence-corrected chi connectivity index (χ2v) is 9.38. The highest BCUT2D eigenvalue weighted by atomic mass is 32.2. The molecular formula is C16H26N2O3S2. The van der Waals surface area contributed by atoms with Crippen molar-refractivity contribution < 1.29 is 13.2 Å². The minimum atomic E-state index is -3.39. The second kappa shape index (κ2) is 8.80. The first-order chi connectivity index (χ1) is 11.0. The maximum Gasteiger partial charge on any atom is 0.249 e. The van der Waals surface area contributed by atoms with Crippen LogP contribution in [0.4, 0.5) is 0 Å². The monoisotopic (exact) mass is 358 g/mol. The minimum absolute atomic E-state index is 0.0484. The zero-order chi connectivity index (χ0) is 16.7. The lowest BCUT2D eigenvalue weighted by atomic mass is 9.86. The van der Waals surface area contributed by atoms with Gasteiger partial charge in [-0.3, -0.25) is 4.79 Å². The van der Waals surface area contributed by atoms with Gasteiger partial charge in [-0.2, -0.15) is 0 Å². The first kappa shape index (κ1) is 18.4. The average molecular weight is 359 g/mol. The van der Waals surface area contributed by atoms with Crippen LogP contribution in [0, 0.1) is 5.92 Å². The molecule has 0 unspecified atom stereocenters. The molecule has 0 atom stereocenters. The lowest BCUT2D eigenvalue weighted by molar-refractivity contribution is -0.121. The smallest absolute Gasteiger partial charge is 0.249 e. The molecule has 1 fully saturated rings. The Balaban J connectivity index is 1.68. The summed E-state index contributed by atoms with van der Waals surface area (Å²) in [6, 6.07) is 3.32. The van der Waals surface area contributed by atoms with E-state index < -0.39 is 10.0 Å². The van der Waals surface area contributed by atoms with Crippen LogP contribution in [0.2, 0.25) is 0 Å². The normalized spacial score (nSPS) is 16.4. The number of thiophene rings is 1. The Kier molecular flexibility index (Phi) is 7.05. The van der Waals surface area contributed by atoms with E-state index in [-0.39, 0.29) is 10.1 Å². The number of rotatable bonds is 8. The van der Waals surface area contributed by atoms with Crippen LogP contribution in [-0.4, -0.2) is 21.4 Å². The van der Waals surface area contributed by atoms with Gasteiger partial charge in [0.2, 0.25) is 15.9 Å². The fourth-order valence-corrected chi connectivity index (χ4v) is 5.13. The number of hydrogen-bond donors (Lipinski definition) is 2. The summed E-state index contributed by atoms with van der Waals surface area (Å²) >= 11 is 1.19. The van der Waals surface area contributed by atoms with Gasteiger partial charge < -0.3 is 5.32 Å². The number of nitrogens with one attached hydrogen (secondary N) is 2. The molecule has 0 spiro atoms. The summed E-state index contributed by atoms with van der Waals surface area (Å²) in [5.41, 5.74) is 0. The molecule has 1 aromatic rings. The van der Waals surface area contributed by atoms with Gasteiger partial charge >= 0.3 is 0 Å². The number of amides is 1. The third kappa shape index (κ3) is 5.90. The van der Waals surface area contributed by atoms with Gasteiger partial charge in [-0.1, -0.05) is 32.1 Å². The van der Waals surface area contributed by atoms with Gasteiger partial charge in [0.25, 0.3) is 0 Å². The highest BCUT2D eigenvalue weighted by molar-refractivity contribution is 7.91. The van der Waals surface area contributed by atoms with E-state index in [9.17, 15) is 13.2 Å². The zero-order valence-electron chi connectivity index (χ0n) is 13.6. The molecule has 0 bridgehead atoms. The predicted molar refractivity (Wildman–Crippen MR) is 92.8 cm³/mol. The molecule has 7 heteroatoms. The SMILES string of the molecule is CNS(=O)(=O)c1ccc(CNC(=O)CCCC2CCCCC2)s1. The Hall–Kier alpha value is -0.920. The highest BCUT2D eigenvalue weighted by Crippen LogP contribution is 2.27. The summed E-state index contributed by atoms with van der Waals surface area (Å²) in [4.78, 5) is 12.7. The van der Waals surface area contributed by atoms with E-state index >= 15 is 0 Å². The highest BCUT2D eigenvalue weighted by Gasteiger charge is 2.15.